The fourth-order valence-corrected chi connectivity index (χ4v) is 6.67. The largest absolute Gasteiger partial charge is 0.393 e. The van der Waals surface area contributed by atoms with Crippen molar-refractivity contribution in [1.82, 2.24) is 5.32 Å². The predicted octanol–water partition coefficient (Wildman–Crippen LogP) is 2.87. The lowest BCUT2D eigenvalue weighted by Crippen LogP contribution is -2.61. The number of hydrogen-bond donors (Lipinski definition) is 2. The minimum absolute atomic E-state index is 0.0833. The highest BCUT2D eigenvalue weighted by Crippen LogP contribution is 2.63. The van der Waals surface area contributed by atoms with E-state index in [1.165, 1.54) is 25.7 Å². The molecule has 4 rings (SSSR count). The van der Waals surface area contributed by atoms with Crippen molar-refractivity contribution in [2.24, 2.45) is 28.6 Å². The first-order valence-corrected chi connectivity index (χ1v) is 8.92. The van der Waals surface area contributed by atoms with E-state index in [1.807, 2.05) is 0 Å². The molecular weight excluding hydrogens is 262 g/mol. The number of aliphatic hydroxyl groups excluding tert-OH is 1. The number of fused-ring (bicyclic) bond motifs is 5. The van der Waals surface area contributed by atoms with E-state index in [0.717, 1.165) is 31.1 Å². The topological polar surface area (TPSA) is 49.3 Å². The van der Waals surface area contributed by atoms with Gasteiger partial charge < -0.3 is 10.4 Å². The summed E-state index contributed by atoms with van der Waals surface area (Å²) in [5.74, 6) is 2.49. The second kappa shape index (κ2) is 4.47. The molecule has 3 saturated carbocycles. The quantitative estimate of drug-likeness (QED) is 0.721. The zero-order chi connectivity index (χ0) is 14.8. The van der Waals surface area contributed by atoms with Gasteiger partial charge in [0.05, 0.1) is 6.10 Å². The lowest BCUT2D eigenvalue weighted by Gasteiger charge is -2.59. The van der Waals surface area contributed by atoms with Crippen LogP contribution in [0.15, 0.2) is 0 Å². The summed E-state index contributed by atoms with van der Waals surface area (Å²) in [5, 5.41) is 13.7. The minimum atomic E-state index is -0.0833. The second-order valence-corrected chi connectivity index (χ2v) is 8.72. The van der Waals surface area contributed by atoms with Crippen LogP contribution in [0.2, 0.25) is 0 Å². The van der Waals surface area contributed by atoms with Crippen molar-refractivity contribution >= 4 is 5.91 Å². The van der Waals surface area contributed by atoms with E-state index in [9.17, 15) is 9.90 Å². The van der Waals surface area contributed by atoms with E-state index in [0.29, 0.717) is 23.8 Å². The average molecular weight is 291 g/mol. The van der Waals surface area contributed by atoms with Gasteiger partial charge in [-0.25, -0.2) is 0 Å². The third-order valence-corrected chi connectivity index (χ3v) is 8.04. The van der Waals surface area contributed by atoms with Crippen LogP contribution in [0.25, 0.3) is 0 Å². The van der Waals surface area contributed by atoms with Crippen LogP contribution in [-0.4, -0.2) is 23.2 Å². The van der Waals surface area contributed by atoms with E-state index in [2.05, 4.69) is 19.2 Å². The van der Waals surface area contributed by atoms with Crippen LogP contribution in [-0.2, 0) is 4.79 Å². The third-order valence-electron chi connectivity index (χ3n) is 8.04. The van der Waals surface area contributed by atoms with E-state index < -0.39 is 0 Å². The molecule has 0 aromatic heterocycles. The van der Waals surface area contributed by atoms with Crippen LogP contribution in [0.3, 0.4) is 0 Å². The molecule has 0 radical (unpaired) electrons. The summed E-state index contributed by atoms with van der Waals surface area (Å²) < 4.78 is 0. The molecule has 3 aliphatic carbocycles. The molecule has 4 fully saturated rings. The van der Waals surface area contributed by atoms with Crippen molar-refractivity contribution in [3.63, 3.8) is 0 Å². The maximum atomic E-state index is 11.8. The van der Waals surface area contributed by atoms with E-state index in [4.69, 9.17) is 0 Å². The van der Waals surface area contributed by atoms with Gasteiger partial charge in [-0.15, -0.1) is 0 Å². The summed E-state index contributed by atoms with van der Waals surface area (Å²) in [6.07, 6.45) is 8.72. The zero-order valence-electron chi connectivity index (χ0n) is 13.4. The van der Waals surface area contributed by atoms with Crippen molar-refractivity contribution in [2.75, 3.05) is 0 Å². The SMILES string of the molecule is CC12CCC3C(CCC4NC(=O)CCC43C)C1CCC2O. The molecule has 3 nitrogen and oxygen atoms in total. The summed E-state index contributed by atoms with van der Waals surface area (Å²) in [6.45, 7) is 4.77. The molecule has 7 atom stereocenters. The zero-order valence-corrected chi connectivity index (χ0v) is 13.4. The highest BCUT2D eigenvalue weighted by molar-refractivity contribution is 5.77. The highest BCUT2D eigenvalue weighted by atomic mass is 16.3. The van der Waals surface area contributed by atoms with Crippen LogP contribution in [0.5, 0.6) is 0 Å². The lowest BCUT2D eigenvalue weighted by molar-refractivity contribution is -0.138. The standard InChI is InChI=1S/C18H29NO2/c1-17-10-8-16(21)19-14(17)5-3-11-12-4-6-15(20)18(12,2)9-7-13(11)17/h11-15,20H,3-10H2,1-2H3,(H,19,21). The molecule has 4 aliphatic rings. The number of carbonyl (C=O) groups excluding carboxylic acids is 1. The van der Waals surface area contributed by atoms with E-state index in [-0.39, 0.29) is 17.4 Å². The Bertz CT molecular complexity index is 464. The van der Waals surface area contributed by atoms with E-state index >= 15 is 0 Å². The maximum Gasteiger partial charge on any atom is 0.220 e. The van der Waals surface area contributed by atoms with Crippen LogP contribution >= 0.6 is 0 Å². The molecular formula is C18H29NO2. The van der Waals surface area contributed by atoms with Gasteiger partial charge in [0, 0.05) is 12.5 Å². The molecule has 7 unspecified atom stereocenters. The summed E-state index contributed by atoms with van der Waals surface area (Å²) in [5.41, 5.74) is 0.466. The molecule has 1 amide bonds. The molecule has 0 bridgehead atoms. The van der Waals surface area contributed by atoms with Gasteiger partial charge in [-0.05, 0) is 73.5 Å². The van der Waals surface area contributed by atoms with Gasteiger partial charge >= 0.3 is 0 Å². The van der Waals surface area contributed by atoms with Crippen LogP contribution < -0.4 is 5.32 Å². The molecule has 118 valence electrons. The summed E-state index contributed by atoms with van der Waals surface area (Å²) in [6, 6.07) is 0.399. The fraction of sp³-hybridized carbons (Fsp3) is 0.944. The number of carbonyl (C=O) groups is 1. The van der Waals surface area contributed by atoms with Gasteiger partial charge in [0.1, 0.15) is 0 Å². The van der Waals surface area contributed by atoms with Crippen LogP contribution in [0, 0.1) is 28.6 Å². The van der Waals surface area contributed by atoms with Gasteiger partial charge in [-0.1, -0.05) is 13.8 Å². The predicted molar refractivity (Wildman–Crippen MR) is 81.6 cm³/mol. The van der Waals surface area contributed by atoms with Crippen LogP contribution in [0.1, 0.15) is 65.2 Å². The Morgan fingerprint density at radius 3 is 2.57 bits per heavy atom. The minimum Gasteiger partial charge on any atom is -0.393 e. The summed E-state index contributed by atoms with van der Waals surface area (Å²) in [4.78, 5) is 11.8. The summed E-state index contributed by atoms with van der Waals surface area (Å²) in [7, 11) is 0. The monoisotopic (exact) mass is 291 g/mol. The Hall–Kier alpha value is -0.570. The molecule has 0 aromatic carbocycles. The maximum absolute atomic E-state index is 11.8. The van der Waals surface area contributed by atoms with Crippen molar-refractivity contribution in [3.8, 4) is 0 Å². The first-order valence-electron chi connectivity index (χ1n) is 8.92. The van der Waals surface area contributed by atoms with Gasteiger partial charge in [-0.2, -0.15) is 0 Å². The van der Waals surface area contributed by atoms with Crippen molar-refractivity contribution in [3.05, 3.63) is 0 Å². The molecule has 21 heavy (non-hydrogen) atoms. The number of piperidine rings is 1. The lowest BCUT2D eigenvalue weighted by atomic mass is 9.47. The molecule has 3 heteroatoms. The Morgan fingerprint density at radius 1 is 1.00 bits per heavy atom. The van der Waals surface area contributed by atoms with Gasteiger partial charge in [0.2, 0.25) is 5.91 Å². The number of amides is 1. The normalized spacial score (nSPS) is 56.1. The van der Waals surface area contributed by atoms with Crippen molar-refractivity contribution < 1.29 is 9.90 Å². The summed E-state index contributed by atoms with van der Waals surface area (Å²) >= 11 is 0. The van der Waals surface area contributed by atoms with Crippen molar-refractivity contribution in [2.45, 2.75) is 77.4 Å². The number of aliphatic hydroxyl groups is 1. The molecule has 1 aliphatic heterocycles. The Balaban J connectivity index is 1.64. The smallest absolute Gasteiger partial charge is 0.220 e. The number of hydrogen-bond acceptors (Lipinski definition) is 2. The Labute approximate surface area is 127 Å². The highest BCUT2D eigenvalue weighted by Gasteiger charge is 2.60. The molecule has 1 heterocycles. The first-order chi connectivity index (χ1) is 9.95. The van der Waals surface area contributed by atoms with Gasteiger partial charge in [0.15, 0.2) is 0 Å². The Kier molecular flexibility index (Phi) is 2.99. The Morgan fingerprint density at radius 2 is 1.76 bits per heavy atom. The molecule has 1 saturated heterocycles. The average Bonchev–Trinajstić information content (AvgIpc) is 2.76. The molecule has 2 N–H and O–H groups in total. The number of rotatable bonds is 0. The van der Waals surface area contributed by atoms with Gasteiger partial charge in [-0.3, -0.25) is 4.79 Å². The second-order valence-electron chi connectivity index (χ2n) is 8.72. The van der Waals surface area contributed by atoms with Crippen molar-refractivity contribution in [1.29, 1.82) is 0 Å². The first kappa shape index (κ1) is 14.0. The number of nitrogens with one attached hydrogen (secondary N) is 1. The molecule has 0 aromatic rings. The fourth-order valence-electron chi connectivity index (χ4n) is 6.67. The third kappa shape index (κ3) is 1.79. The van der Waals surface area contributed by atoms with Crippen LogP contribution in [0.4, 0.5) is 0 Å². The van der Waals surface area contributed by atoms with Gasteiger partial charge in [0.25, 0.3) is 0 Å². The molecule has 0 spiro atoms. The van der Waals surface area contributed by atoms with E-state index in [1.54, 1.807) is 0 Å².